The zero-order valence-corrected chi connectivity index (χ0v) is 24.8. The number of amides is 2. The third-order valence-electron chi connectivity index (χ3n) is 7.02. The molecule has 3 aromatic rings. The van der Waals surface area contributed by atoms with E-state index < -0.39 is 65.3 Å². The molecule has 0 saturated heterocycles. The van der Waals surface area contributed by atoms with Gasteiger partial charge in [0.15, 0.2) is 5.76 Å². The van der Waals surface area contributed by atoms with Crippen LogP contribution in [0.15, 0.2) is 54.3 Å². The molecule has 0 fully saturated rings. The van der Waals surface area contributed by atoms with Crippen molar-refractivity contribution in [2.24, 2.45) is 0 Å². The second-order valence-corrected chi connectivity index (χ2v) is 9.77. The molecule has 0 radical (unpaired) electrons. The average Bonchev–Trinajstić information content (AvgIpc) is 3.00. The van der Waals surface area contributed by atoms with Crippen molar-refractivity contribution in [3.63, 3.8) is 0 Å². The molecule has 240 valence electrons. The van der Waals surface area contributed by atoms with Crippen LogP contribution in [-0.2, 0) is 25.5 Å². The molecule has 3 rings (SSSR count). The molecule has 0 bridgehead atoms. The van der Waals surface area contributed by atoms with Crippen molar-refractivity contribution >= 4 is 46.0 Å². The molecule has 0 unspecified atom stereocenters. The fourth-order valence-corrected chi connectivity index (χ4v) is 4.80. The fraction of sp³-hybridized carbons (Fsp3) is 0.290. The van der Waals surface area contributed by atoms with Crippen molar-refractivity contribution < 1.29 is 51.1 Å². The number of hydrogen-bond acceptors (Lipinski definition) is 7. The summed E-state index contributed by atoms with van der Waals surface area (Å²) in [6.07, 6.45) is -4.39. The van der Waals surface area contributed by atoms with Gasteiger partial charge < -0.3 is 25.5 Å². The first kappa shape index (κ1) is 34.6. The molecule has 5 N–H and O–H groups in total. The van der Waals surface area contributed by atoms with Crippen LogP contribution in [0.2, 0.25) is 0 Å². The van der Waals surface area contributed by atoms with E-state index in [2.05, 4.69) is 5.32 Å². The number of allylic oxidation sites excluding steroid dienone is 1. The highest BCUT2D eigenvalue weighted by molar-refractivity contribution is 6.22. The van der Waals surface area contributed by atoms with E-state index in [9.17, 15) is 36.3 Å². The molecule has 2 atom stereocenters. The van der Waals surface area contributed by atoms with Crippen molar-refractivity contribution in [2.45, 2.75) is 38.0 Å². The highest BCUT2D eigenvalue weighted by atomic mass is 19.4. The van der Waals surface area contributed by atoms with Crippen LogP contribution in [0, 0.1) is 17.0 Å². The Bertz CT molecular complexity index is 1620. The van der Waals surface area contributed by atoms with E-state index in [0.29, 0.717) is 34.0 Å². The number of hydrogen-bond donors (Lipinski definition) is 4. The van der Waals surface area contributed by atoms with E-state index in [1.54, 1.807) is 43.4 Å². The van der Waals surface area contributed by atoms with Gasteiger partial charge in [-0.15, -0.1) is 0 Å². The van der Waals surface area contributed by atoms with Crippen LogP contribution in [0.5, 0.6) is 0 Å². The second-order valence-electron chi connectivity index (χ2n) is 9.77. The van der Waals surface area contributed by atoms with Gasteiger partial charge in [0.2, 0.25) is 0 Å². The number of quaternary nitrogens is 1. The number of carbonyl (C=O) groups excluding carboxylic acids is 3. The summed E-state index contributed by atoms with van der Waals surface area (Å²) in [6.45, 7) is 1.25. The van der Waals surface area contributed by atoms with Gasteiger partial charge in [0.25, 0.3) is 5.91 Å². The average molecular weight is 636 g/mol. The van der Waals surface area contributed by atoms with Crippen LogP contribution in [0.3, 0.4) is 0 Å². The lowest BCUT2D eigenvalue weighted by atomic mass is 9.91. The quantitative estimate of drug-likeness (QED) is 0.0779. The Labute approximate surface area is 255 Å². The van der Waals surface area contributed by atoms with Crippen molar-refractivity contribution in [1.82, 2.24) is 5.32 Å². The number of anilines is 1. The molecule has 0 heterocycles. The largest absolute Gasteiger partial charge is 0.494 e. The number of carbonyl (C=O) groups is 3. The molecule has 0 aliphatic rings. The molecule has 2 amide bonds. The minimum Gasteiger partial charge on any atom is -0.494 e. The summed E-state index contributed by atoms with van der Waals surface area (Å²) >= 11 is 0. The lowest BCUT2D eigenvalue weighted by Gasteiger charge is -2.22. The topological polar surface area (TPSA) is 134 Å². The molecule has 3 aromatic carbocycles. The van der Waals surface area contributed by atoms with Gasteiger partial charge >= 0.3 is 18.1 Å². The van der Waals surface area contributed by atoms with Gasteiger partial charge in [0.05, 0.1) is 27.5 Å². The summed E-state index contributed by atoms with van der Waals surface area (Å²) in [6, 6.07) is 7.62. The van der Waals surface area contributed by atoms with Crippen molar-refractivity contribution in [3.05, 3.63) is 82.6 Å². The summed E-state index contributed by atoms with van der Waals surface area (Å²) in [7, 11) is 3.92. The van der Waals surface area contributed by atoms with Crippen molar-refractivity contribution in [3.8, 4) is 0 Å². The number of benzene rings is 3. The molecule has 0 spiro atoms. The second kappa shape index (κ2) is 14.8. The number of likely N-dealkylation sites (N-methyl/N-ethyl adjacent to an activating group) is 1. The summed E-state index contributed by atoms with van der Waals surface area (Å²) in [5.41, 5.74) is -0.568. The van der Waals surface area contributed by atoms with E-state index in [0.717, 1.165) is 13.3 Å². The number of esters is 1. The van der Waals surface area contributed by atoms with Crippen LogP contribution in [0.25, 0.3) is 16.3 Å². The van der Waals surface area contributed by atoms with E-state index >= 15 is 0 Å². The van der Waals surface area contributed by atoms with Crippen molar-refractivity contribution in [1.29, 1.82) is 5.41 Å². The normalized spacial score (nSPS) is 13.4. The number of rotatable bonds is 12. The number of nitrogens with two attached hydrogens (primary N) is 1. The molecule has 9 nitrogen and oxygen atoms in total. The maximum Gasteiger partial charge on any atom is 0.408 e. The molecular weight excluding hydrogens is 603 g/mol. The number of nitrogens with one attached hydrogen (secondary N) is 3. The van der Waals surface area contributed by atoms with Gasteiger partial charge in [0, 0.05) is 17.7 Å². The van der Waals surface area contributed by atoms with E-state index in [1.165, 1.54) is 19.4 Å². The third kappa shape index (κ3) is 7.81. The van der Waals surface area contributed by atoms with E-state index in [1.807, 2.05) is 5.32 Å². The first-order valence-corrected chi connectivity index (χ1v) is 13.6. The Morgan fingerprint density at radius 2 is 1.62 bits per heavy atom. The van der Waals surface area contributed by atoms with Crippen LogP contribution in [-0.4, -0.2) is 63.5 Å². The molecule has 0 aromatic heterocycles. The third-order valence-corrected chi connectivity index (χ3v) is 7.02. The van der Waals surface area contributed by atoms with Gasteiger partial charge in [0.1, 0.15) is 34.9 Å². The van der Waals surface area contributed by atoms with Crippen LogP contribution < -0.4 is 16.0 Å². The molecule has 45 heavy (non-hydrogen) atoms. The number of fused-ring (bicyclic) bond motifs is 1. The van der Waals surface area contributed by atoms with Gasteiger partial charge in [-0.3, -0.25) is 10.1 Å². The van der Waals surface area contributed by atoms with Gasteiger partial charge in [-0.05, 0) is 34.9 Å². The highest BCUT2D eigenvalue weighted by Gasteiger charge is 2.38. The van der Waals surface area contributed by atoms with Crippen LogP contribution >= 0.6 is 0 Å². The summed E-state index contributed by atoms with van der Waals surface area (Å²) in [4.78, 5) is 38.6. The highest BCUT2D eigenvalue weighted by Crippen LogP contribution is 2.31. The first-order valence-electron chi connectivity index (χ1n) is 13.6. The van der Waals surface area contributed by atoms with Crippen LogP contribution in [0.1, 0.15) is 34.8 Å². The first-order chi connectivity index (χ1) is 21.3. The lowest BCUT2D eigenvalue weighted by molar-refractivity contribution is -0.532. The zero-order chi connectivity index (χ0) is 33.5. The van der Waals surface area contributed by atoms with Crippen LogP contribution in [0.4, 0.5) is 27.6 Å². The predicted molar refractivity (Wildman–Crippen MR) is 157 cm³/mol. The lowest BCUT2D eigenvalue weighted by Crippen LogP contribution is -2.84. The van der Waals surface area contributed by atoms with E-state index in [-0.39, 0.29) is 17.8 Å². The smallest absolute Gasteiger partial charge is 0.408 e. The molecular formula is C31H32F5N4O5+. The molecule has 14 heteroatoms. The van der Waals surface area contributed by atoms with Gasteiger partial charge in [-0.25, -0.2) is 18.4 Å². The molecule has 0 saturated carbocycles. The minimum absolute atomic E-state index is 0.0181. The zero-order valence-electron chi connectivity index (χ0n) is 24.8. The number of alkyl halides is 3. The number of methoxy groups -OCH3 is 2. The van der Waals surface area contributed by atoms with Gasteiger partial charge in [-0.2, -0.15) is 13.2 Å². The maximum atomic E-state index is 14.9. The SMILES string of the molecule is CC[C@@H](Nc1cc(F)c(C(=O)N[C@@H](Cc2ccc(/C(C(=O)[NH2+]C)=C(/C=N)OC)c3ccccc23)C(=O)OC)c(F)c1)C(F)(F)F. The summed E-state index contributed by atoms with van der Waals surface area (Å²) < 4.78 is 79.3. The Morgan fingerprint density at radius 3 is 2.13 bits per heavy atom. The monoisotopic (exact) mass is 635 g/mol. The summed E-state index contributed by atoms with van der Waals surface area (Å²) in [5.74, 6) is -5.54. The Kier molecular flexibility index (Phi) is 11.4. The standard InChI is InChI=1S/C31H31F5N4O5/c1-5-25(31(34,35)36)39-17-13-21(32)27(22(33)14-17)29(42)40-23(30(43)45-4)12-16-10-11-20(19-9-7-6-8-18(16)19)26(28(41)38-2)24(15-37)44-3/h6-11,13-15,23,25,37,39H,5,12H2,1-4H3,(H,38,41)(H,40,42)/p+1/b26-24+,37-15?/t23-,25+/m0/s1. The van der Waals surface area contributed by atoms with Gasteiger partial charge in [-0.1, -0.05) is 43.3 Å². The maximum absolute atomic E-state index is 14.9. The fourth-order valence-electron chi connectivity index (χ4n) is 4.80. The van der Waals surface area contributed by atoms with E-state index in [4.69, 9.17) is 14.9 Å². The minimum atomic E-state index is -4.68. The summed E-state index contributed by atoms with van der Waals surface area (Å²) in [5, 5.41) is 14.4. The molecule has 0 aliphatic heterocycles. The number of primary amides is 1. The predicted octanol–water partition coefficient (Wildman–Crippen LogP) is 4.11. The Morgan fingerprint density at radius 1 is 1.00 bits per heavy atom. The Hall–Kier alpha value is -4.85. The Balaban J connectivity index is 2.00. The van der Waals surface area contributed by atoms with Crippen molar-refractivity contribution in [2.75, 3.05) is 26.6 Å². The number of ether oxygens (including phenoxy) is 2. The number of halogens is 5. The molecule has 0 aliphatic carbocycles.